The smallest absolute Gasteiger partial charge is 0.227 e. The summed E-state index contributed by atoms with van der Waals surface area (Å²) >= 11 is 0. The van der Waals surface area contributed by atoms with Gasteiger partial charge >= 0.3 is 0 Å². The predicted molar refractivity (Wildman–Crippen MR) is 70.3 cm³/mol. The Morgan fingerprint density at radius 3 is 2.79 bits per heavy atom. The number of anilines is 1. The van der Waals surface area contributed by atoms with Crippen LogP contribution in [0.25, 0.3) is 0 Å². The second kappa shape index (κ2) is 4.39. The van der Waals surface area contributed by atoms with E-state index in [9.17, 15) is 9.59 Å². The molecule has 0 bridgehead atoms. The average Bonchev–Trinajstić information content (AvgIpc) is 2.96. The third-order valence-electron chi connectivity index (χ3n) is 3.47. The van der Waals surface area contributed by atoms with E-state index in [1.807, 2.05) is 12.1 Å². The highest BCUT2D eigenvalue weighted by atomic mass is 16.3. The summed E-state index contributed by atoms with van der Waals surface area (Å²) in [4.78, 5) is 25.5. The molecule has 0 unspecified atom stereocenters. The molecule has 0 aliphatic carbocycles. The molecule has 19 heavy (non-hydrogen) atoms. The van der Waals surface area contributed by atoms with Crippen LogP contribution in [0, 0.1) is 0 Å². The Balaban J connectivity index is 1.98. The highest BCUT2D eigenvalue weighted by Crippen LogP contribution is 2.28. The predicted octanol–water partition coefficient (Wildman–Crippen LogP) is 2.42. The number of nitrogens with zero attached hydrogens (tertiary/aromatic N) is 1. The SMILES string of the molecule is CN1C(=O)CCc2cc(C(=O)c3ccoc3)ccc21. The zero-order valence-electron chi connectivity index (χ0n) is 10.6. The fraction of sp³-hybridized carbons (Fsp3) is 0.200. The first-order valence-electron chi connectivity index (χ1n) is 6.13. The molecule has 1 aromatic carbocycles. The van der Waals surface area contributed by atoms with Gasteiger partial charge in [-0.05, 0) is 36.2 Å². The van der Waals surface area contributed by atoms with Crippen molar-refractivity contribution in [2.45, 2.75) is 12.8 Å². The van der Waals surface area contributed by atoms with Gasteiger partial charge in [-0.3, -0.25) is 9.59 Å². The summed E-state index contributed by atoms with van der Waals surface area (Å²) < 4.78 is 4.93. The van der Waals surface area contributed by atoms with E-state index in [1.165, 1.54) is 12.5 Å². The van der Waals surface area contributed by atoms with Crippen LogP contribution in [-0.2, 0) is 11.2 Å². The van der Waals surface area contributed by atoms with E-state index in [1.54, 1.807) is 24.1 Å². The molecule has 0 radical (unpaired) electrons. The van der Waals surface area contributed by atoms with E-state index in [2.05, 4.69) is 0 Å². The van der Waals surface area contributed by atoms with Gasteiger partial charge in [0, 0.05) is 24.7 Å². The molecule has 0 spiro atoms. The molecule has 4 nitrogen and oxygen atoms in total. The molecule has 0 saturated heterocycles. The van der Waals surface area contributed by atoms with E-state index in [0.29, 0.717) is 24.0 Å². The van der Waals surface area contributed by atoms with E-state index in [-0.39, 0.29) is 11.7 Å². The van der Waals surface area contributed by atoms with Gasteiger partial charge in [-0.15, -0.1) is 0 Å². The first-order chi connectivity index (χ1) is 9.16. The lowest BCUT2D eigenvalue weighted by Gasteiger charge is -2.25. The van der Waals surface area contributed by atoms with E-state index < -0.39 is 0 Å². The Hall–Kier alpha value is -2.36. The van der Waals surface area contributed by atoms with E-state index in [4.69, 9.17) is 4.42 Å². The van der Waals surface area contributed by atoms with Gasteiger partial charge in [-0.2, -0.15) is 0 Å². The standard InChI is InChI=1S/C15H13NO3/c1-16-13-4-2-11(8-10(13)3-5-14(16)17)15(18)12-6-7-19-9-12/h2,4,6-9H,3,5H2,1H3. The number of furan rings is 1. The highest BCUT2D eigenvalue weighted by Gasteiger charge is 2.22. The molecule has 0 atom stereocenters. The van der Waals surface area contributed by atoms with Crippen LogP contribution in [-0.4, -0.2) is 18.7 Å². The lowest BCUT2D eigenvalue weighted by Crippen LogP contribution is -2.31. The van der Waals surface area contributed by atoms with E-state index >= 15 is 0 Å². The van der Waals surface area contributed by atoms with Gasteiger partial charge in [0.05, 0.1) is 11.8 Å². The second-order valence-corrected chi connectivity index (χ2v) is 4.64. The Morgan fingerprint density at radius 2 is 2.05 bits per heavy atom. The van der Waals surface area contributed by atoms with Gasteiger partial charge in [-0.1, -0.05) is 0 Å². The third kappa shape index (κ3) is 1.95. The molecule has 2 aromatic rings. The molecule has 1 amide bonds. The van der Waals surface area contributed by atoms with Crippen LogP contribution in [0.15, 0.2) is 41.2 Å². The monoisotopic (exact) mass is 255 g/mol. The Labute approximate surface area is 110 Å². The van der Waals surface area contributed by atoms with Crippen molar-refractivity contribution in [3.8, 4) is 0 Å². The number of amides is 1. The lowest BCUT2D eigenvalue weighted by molar-refractivity contribution is -0.118. The highest BCUT2D eigenvalue weighted by molar-refractivity contribution is 6.09. The van der Waals surface area contributed by atoms with Gasteiger partial charge < -0.3 is 9.32 Å². The number of hydrogen-bond acceptors (Lipinski definition) is 3. The summed E-state index contributed by atoms with van der Waals surface area (Å²) in [5.74, 6) is 0.0533. The second-order valence-electron chi connectivity index (χ2n) is 4.64. The Bertz CT molecular complexity index is 643. The van der Waals surface area contributed by atoms with Crippen LogP contribution in [0.1, 0.15) is 27.9 Å². The van der Waals surface area contributed by atoms with Crippen molar-refractivity contribution in [2.75, 3.05) is 11.9 Å². The minimum Gasteiger partial charge on any atom is -0.472 e. The molecule has 0 N–H and O–H groups in total. The molecule has 0 fully saturated rings. The van der Waals surface area contributed by atoms with E-state index in [0.717, 1.165) is 11.3 Å². The third-order valence-corrected chi connectivity index (χ3v) is 3.47. The molecule has 1 aromatic heterocycles. The summed E-state index contributed by atoms with van der Waals surface area (Å²) in [5.41, 5.74) is 3.10. The van der Waals surface area contributed by atoms with Gasteiger partial charge in [-0.25, -0.2) is 0 Å². The fourth-order valence-corrected chi connectivity index (χ4v) is 2.36. The fourth-order valence-electron chi connectivity index (χ4n) is 2.36. The number of aryl methyl sites for hydroxylation is 1. The van der Waals surface area contributed by atoms with Gasteiger partial charge in [0.15, 0.2) is 5.78 Å². The minimum absolute atomic E-state index is 0.0592. The molecule has 1 aliphatic heterocycles. The van der Waals surface area contributed by atoms with Crippen LogP contribution < -0.4 is 4.90 Å². The maximum atomic E-state index is 12.2. The number of ketones is 1. The van der Waals surface area contributed by atoms with Crippen molar-refractivity contribution in [2.24, 2.45) is 0 Å². The maximum absolute atomic E-state index is 12.2. The summed E-state index contributed by atoms with van der Waals surface area (Å²) in [6.45, 7) is 0. The van der Waals surface area contributed by atoms with Gasteiger partial charge in [0.25, 0.3) is 0 Å². The topological polar surface area (TPSA) is 50.5 Å². The summed E-state index contributed by atoms with van der Waals surface area (Å²) in [6, 6.07) is 7.11. The maximum Gasteiger partial charge on any atom is 0.227 e. The lowest BCUT2D eigenvalue weighted by atomic mass is 9.96. The first kappa shape index (κ1) is 11.7. The van der Waals surface area contributed by atoms with Crippen LogP contribution >= 0.6 is 0 Å². The number of carbonyl (C=O) groups is 2. The largest absolute Gasteiger partial charge is 0.472 e. The molecular weight excluding hydrogens is 242 g/mol. The quantitative estimate of drug-likeness (QED) is 0.774. The number of carbonyl (C=O) groups excluding carboxylic acids is 2. The summed E-state index contributed by atoms with van der Waals surface area (Å²) in [5, 5.41) is 0. The summed E-state index contributed by atoms with van der Waals surface area (Å²) in [6.07, 6.45) is 4.10. The van der Waals surface area contributed by atoms with Crippen molar-refractivity contribution in [1.29, 1.82) is 0 Å². The number of hydrogen-bond donors (Lipinski definition) is 0. The zero-order chi connectivity index (χ0) is 13.4. The molecule has 0 saturated carbocycles. The van der Waals surface area contributed by atoms with Crippen molar-refractivity contribution in [3.05, 3.63) is 53.5 Å². The van der Waals surface area contributed by atoms with Gasteiger partial charge in [0.2, 0.25) is 5.91 Å². The van der Waals surface area contributed by atoms with Crippen molar-refractivity contribution >= 4 is 17.4 Å². The van der Waals surface area contributed by atoms with Gasteiger partial charge in [0.1, 0.15) is 6.26 Å². The number of rotatable bonds is 2. The molecule has 3 rings (SSSR count). The first-order valence-corrected chi connectivity index (χ1v) is 6.13. The molecule has 4 heteroatoms. The molecule has 1 aliphatic rings. The average molecular weight is 255 g/mol. The van der Waals surface area contributed by atoms with Crippen LogP contribution in [0.2, 0.25) is 0 Å². The van der Waals surface area contributed by atoms with Crippen LogP contribution in [0.4, 0.5) is 5.69 Å². The zero-order valence-corrected chi connectivity index (χ0v) is 10.6. The molecular formula is C15H13NO3. The van der Waals surface area contributed by atoms with Crippen molar-refractivity contribution in [1.82, 2.24) is 0 Å². The van der Waals surface area contributed by atoms with Crippen LogP contribution in [0.3, 0.4) is 0 Å². The van der Waals surface area contributed by atoms with Crippen molar-refractivity contribution in [3.63, 3.8) is 0 Å². The minimum atomic E-state index is -0.0592. The van der Waals surface area contributed by atoms with Crippen molar-refractivity contribution < 1.29 is 14.0 Å². The van der Waals surface area contributed by atoms with Crippen LogP contribution in [0.5, 0.6) is 0 Å². The Morgan fingerprint density at radius 1 is 1.21 bits per heavy atom. The Kier molecular flexibility index (Phi) is 2.71. The number of fused-ring (bicyclic) bond motifs is 1. The number of benzene rings is 1. The molecule has 2 heterocycles. The molecule has 96 valence electrons. The normalized spacial score (nSPS) is 14.4. The summed E-state index contributed by atoms with van der Waals surface area (Å²) in [7, 11) is 1.76.